The fourth-order valence-corrected chi connectivity index (χ4v) is 3.02. The molecule has 0 aliphatic heterocycles. The number of nitrogens with one attached hydrogen (secondary N) is 1. The van der Waals surface area contributed by atoms with E-state index in [0.717, 1.165) is 15.4 Å². The van der Waals surface area contributed by atoms with Gasteiger partial charge in [0, 0.05) is 37.2 Å². The molecule has 0 saturated heterocycles. The second-order valence-corrected chi connectivity index (χ2v) is 6.34. The zero-order valence-corrected chi connectivity index (χ0v) is 13.8. The minimum Gasteiger partial charge on any atom is -0.396 e. The minimum atomic E-state index is -0.555. The smallest absolute Gasteiger partial charge is 0.196 e. The van der Waals surface area contributed by atoms with Crippen LogP contribution >= 0.6 is 31.9 Å². The van der Waals surface area contributed by atoms with E-state index in [1.807, 2.05) is 18.2 Å². The summed E-state index contributed by atoms with van der Waals surface area (Å²) in [5.41, 5.74) is 7.20. The number of nitrogen functional groups attached to an aromatic ring is 1. The van der Waals surface area contributed by atoms with E-state index in [-0.39, 0.29) is 11.5 Å². The largest absolute Gasteiger partial charge is 0.396 e. The van der Waals surface area contributed by atoms with Crippen molar-refractivity contribution in [3.63, 3.8) is 0 Å². The van der Waals surface area contributed by atoms with Crippen LogP contribution in [0.15, 0.2) is 45.5 Å². The number of nitrogens with two attached hydrogens (primary N) is 1. The van der Waals surface area contributed by atoms with Crippen LogP contribution in [-0.4, -0.2) is 10.8 Å². The third-order valence-electron chi connectivity index (χ3n) is 3.22. The Balaban J connectivity index is 2.17. The molecule has 3 aromatic rings. The van der Waals surface area contributed by atoms with Crippen molar-refractivity contribution in [1.82, 2.24) is 4.98 Å². The summed E-state index contributed by atoms with van der Waals surface area (Å²) >= 11 is 6.60. The molecule has 0 fully saturated rings. The van der Waals surface area contributed by atoms with Gasteiger partial charge in [0.2, 0.25) is 0 Å². The van der Waals surface area contributed by atoms with Gasteiger partial charge in [0.15, 0.2) is 5.78 Å². The van der Waals surface area contributed by atoms with E-state index in [9.17, 15) is 9.18 Å². The van der Waals surface area contributed by atoms with E-state index in [1.54, 1.807) is 6.20 Å². The molecule has 0 unspecified atom stereocenters. The van der Waals surface area contributed by atoms with Crippen LogP contribution in [0.2, 0.25) is 0 Å². The highest BCUT2D eigenvalue weighted by Crippen LogP contribution is 2.29. The van der Waals surface area contributed by atoms with Gasteiger partial charge < -0.3 is 10.7 Å². The number of H-pyrrole nitrogens is 1. The molecule has 3 nitrogen and oxygen atoms in total. The SMILES string of the molecule is Nc1cc(C(=O)c2c[nH]c3ccc(Br)cc23)c(Br)cc1F. The van der Waals surface area contributed by atoms with Crippen molar-refractivity contribution >= 4 is 54.2 Å². The number of ketones is 1. The molecule has 0 spiro atoms. The predicted molar refractivity (Wildman–Crippen MR) is 87.9 cm³/mol. The molecule has 0 amide bonds. The van der Waals surface area contributed by atoms with E-state index in [4.69, 9.17) is 5.73 Å². The lowest BCUT2D eigenvalue weighted by Crippen LogP contribution is -2.04. The number of aromatic amines is 1. The molecule has 0 radical (unpaired) electrons. The number of anilines is 1. The molecule has 0 saturated carbocycles. The Kier molecular flexibility index (Phi) is 3.59. The highest BCUT2D eigenvalue weighted by Gasteiger charge is 2.18. The lowest BCUT2D eigenvalue weighted by atomic mass is 10.0. The lowest BCUT2D eigenvalue weighted by Gasteiger charge is -2.06. The first kappa shape index (κ1) is 14.3. The zero-order chi connectivity index (χ0) is 15.1. The molecule has 3 N–H and O–H groups in total. The first-order valence-electron chi connectivity index (χ1n) is 6.03. The van der Waals surface area contributed by atoms with Gasteiger partial charge in [-0.1, -0.05) is 15.9 Å². The van der Waals surface area contributed by atoms with Crippen LogP contribution in [0.25, 0.3) is 10.9 Å². The Morgan fingerprint density at radius 2 is 1.90 bits per heavy atom. The Morgan fingerprint density at radius 1 is 1.14 bits per heavy atom. The average molecular weight is 412 g/mol. The normalized spacial score (nSPS) is 11.0. The minimum absolute atomic E-state index is 0.0532. The van der Waals surface area contributed by atoms with E-state index < -0.39 is 5.82 Å². The Hall–Kier alpha value is -1.66. The highest BCUT2D eigenvalue weighted by molar-refractivity contribution is 9.10. The summed E-state index contributed by atoms with van der Waals surface area (Å²) in [6.07, 6.45) is 1.64. The van der Waals surface area contributed by atoms with Crippen molar-refractivity contribution in [1.29, 1.82) is 0 Å². The number of fused-ring (bicyclic) bond motifs is 1. The summed E-state index contributed by atoms with van der Waals surface area (Å²) in [4.78, 5) is 15.7. The number of benzene rings is 2. The van der Waals surface area contributed by atoms with Crippen LogP contribution in [0.5, 0.6) is 0 Å². The third kappa shape index (κ3) is 2.49. The monoisotopic (exact) mass is 410 g/mol. The third-order valence-corrected chi connectivity index (χ3v) is 4.37. The van der Waals surface area contributed by atoms with Gasteiger partial charge in [0.1, 0.15) is 5.82 Å². The standard InChI is InChI=1S/C15H9Br2FN2O/c16-7-1-2-14-8(3-7)10(6-20-14)15(21)9-4-13(19)12(18)5-11(9)17/h1-6,20H,19H2. The summed E-state index contributed by atoms with van der Waals surface area (Å²) < 4.78 is 14.6. The maximum atomic E-state index is 13.4. The number of hydrogen-bond donors (Lipinski definition) is 2. The molecule has 0 atom stereocenters. The number of carbonyl (C=O) groups excluding carboxylic acids is 1. The van der Waals surface area contributed by atoms with Gasteiger partial charge in [-0.15, -0.1) is 0 Å². The zero-order valence-electron chi connectivity index (χ0n) is 10.6. The summed E-state index contributed by atoms with van der Waals surface area (Å²) in [6.45, 7) is 0. The van der Waals surface area contributed by atoms with Crippen molar-refractivity contribution in [2.24, 2.45) is 0 Å². The number of hydrogen-bond acceptors (Lipinski definition) is 2. The molecular weight excluding hydrogens is 403 g/mol. The van der Waals surface area contributed by atoms with Crippen LogP contribution < -0.4 is 5.73 Å². The van der Waals surface area contributed by atoms with Gasteiger partial charge in [0.05, 0.1) is 5.69 Å². The average Bonchev–Trinajstić information content (AvgIpc) is 2.85. The first-order valence-corrected chi connectivity index (χ1v) is 7.62. The van der Waals surface area contributed by atoms with Crippen LogP contribution in [0.3, 0.4) is 0 Å². The van der Waals surface area contributed by atoms with Crippen LogP contribution in [-0.2, 0) is 0 Å². The molecule has 3 rings (SSSR count). The van der Waals surface area contributed by atoms with E-state index >= 15 is 0 Å². The van der Waals surface area contributed by atoms with Gasteiger partial charge in [-0.2, -0.15) is 0 Å². The summed E-state index contributed by atoms with van der Waals surface area (Å²) in [5, 5.41) is 0.796. The van der Waals surface area contributed by atoms with Gasteiger partial charge in [-0.3, -0.25) is 4.79 Å². The summed E-state index contributed by atoms with van der Waals surface area (Å²) in [5.74, 6) is -0.780. The lowest BCUT2D eigenvalue weighted by molar-refractivity contribution is 0.103. The summed E-state index contributed by atoms with van der Waals surface area (Å²) in [7, 11) is 0. The number of rotatable bonds is 2. The quantitative estimate of drug-likeness (QED) is 0.476. The number of halogens is 3. The van der Waals surface area contributed by atoms with Crippen LogP contribution in [0.1, 0.15) is 15.9 Å². The second kappa shape index (κ2) is 5.27. The molecular formula is C15H9Br2FN2O. The molecule has 0 aliphatic carbocycles. The van der Waals surface area contributed by atoms with Gasteiger partial charge in [0.25, 0.3) is 0 Å². The first-order chi connectivity index (χ1) is 9.97. The van der Waals surface area contributed by atoms with E-state index in [2.05, 4.69) is 36.8 Å². The van der Waals surface area contributed by atoms with E-state index in [1.165, 1.54) is 12.1 Å². The fraction of sp³-hybridized carbons (Fsp3) is 0. The molecule has 1 aromatic heterocycles. The van der Waals surface area contributed by atoms with Gasteiger partial charge >= 0.3 is 0 Å². The predicted octanol–water partition coefficient (Wildman–Crippen LogP) is 4.65. The van der Waals surface area contributed by atoms with Crippen molar-refractivity contribution in [2.75, 3.05) is 5.73 Å². The van der Waals surface area contributed by atoms with Gasteiger partial charge in [-0.05, 0) is 46.3 Å². The van der Waals surface area contributed by atoms with E-state index in [0.29, 0.717) is 15.6 Å². The number of aromatic nitrogens is 1. The molecule has 106 valence electrons. The molecule has 6 heteroatoms. The molecule has 21 heavy (non-hydrogen) atoms. The second-order valence-electron chi connectivity index (χ2n) is 4.57. The Morgan fingerprint density at radius 3 is 2.67 bits per heavy atom. The van der Waals surface area contributed by atoms with Crippen LogP contribution in [0.4, 0.5) is 10.1 Å². The van der Waals surface area contributed by atoms with Crippen molar-refractivity contribution in [3.8, 4) is 0 Å². The molecule has 2 aromatic carbocycles. The molecule has 0 aliphatic rings. The van der Waals surface area contributed by atoms with Crippen LogP contribution in [0, 0.1) is 5.82 Å². The molecule has 0 bridgehead atoms. The Labute approximate surface area is 136 Å². The molecule has 1 heterocycles. The van der Waals surface area contributed by atoms with Crippen molar-refractivity contribution in [2.45, 2.75) is 0 Å². The summed E-state index contributed by atoms with van der Waals surface area (Å²) in [6, 6.07) is 8.18. The number of carbonyl (C=O) groups is 1. The maximum absolute atomic E-state index is 13.4. The van der Waals surface area contributed by atoms with Crippen molar-refractivity contribution in [3.05, 3.63) is 62.4 Å². The van der Waals surface area contributed by atoms with Gasteiger partial charge in [-0.25, -0.2) is 4.39 Å². The maximum Gasteiger partial charge on any atom is 0.196 e. The highest BCUT2D eigenvalue weighted by atomic mass is 79.9. The fourth-order valence-electron chi connectivity index (χ4n) is 2.17. The Bertz CT molecular complexity index is 873. The topological polar surface area (TPSA) is 58.9 Å². The van der Waals surface area contributed by atoms with Crippen molar-refractivity contribution < 1.29 is 9.18 Å².